The molecule has 0 aliphatic heterocycles. The minimum atomic E-state index is 0.300. The summed E-state index contributed by atoms with van der Waals surface area (Å²) in [6.45, 7) is 0.300. The van der Waals surface area contributed by atoms with Crippen molar-refractivity contribution in [3.8, 4) is 11.8 Å². The standard InChI is InChI=1S/C13H8Cl2N2O/c14-12-5-13(15)17-7-10(12)8-18-11-3-1-9(6-16)2-4-11/h1-5,7H,8H2. The van der Waals surface area contributed by atoms with E-state index in [1.54, 1.807) is 36.5 Å². The highest BCUT2D eigenvalue weighted by atomic mass is 35.5. The van der Waals surface area contributed by atoms with Gasteiger partial charge in [-0.05, 0) is 30.3 Å². The second kappa shape index (κ2) is 5.72. The van der Waals surface area contributed by atoms with Crippen LogP contribution < -0.4 is 4.74 Å². The summed E-state index contributed by atoms with van der Waals surface area (Å²) in [7, 11) is 0. The van der Waals surface area contributed by atoms with Gasteiger partial charge in [-0.3, -0.25) is 0 Å². The van der Waals surface area contributed by atoms with Gasteiger partial charge in [-0.1, -0.05) is 23.2 Å². The van der Waals surface area contributed by atoms with Gasteiger partial charge in [0.25, 0.3) is 0 Å². The molecule has 0 saturated heterocycles. The average Bonchev–Trinajstić information content (AvgIpc) is 2.38. The topological polar surface area (TPSA) is 45.9 Å². The average molecular weight is 279 g/mol. The summed E-state index contributed by atoms with van der Waals surface area (Å²) in [5, 5.41) is 9.54. The van der Waals surface area contributed by atoms with Crippen LogP contribution in [0.4, 0.5) is 0 Å². The highest BCUT2D eigenvalue weighted by Gasteiger charge is 2.03. The molecule has 0 spiro atoms. The van der Waals surface area contributed by atoms with Crippen LogP contribution in [0, 0.1) is 11.3 Å². The monoisotopic (exact) mass is 278 g/mol. The van der Waals surface area contributed by atoms with Crippen molar-refractivity contribution in [1.29, 1.82) is 5.26 Å². The molecule has 90 valence electrons. The van der Waals surface area contributed by atoms with E-state index in [1.807, 2.05) is 6.07 Å². The molecule has 2 aromatic rings. The van der Waals surface area contributed by atoms with Crippen molar-refractivity contribution >= 4 is 23.2 Å². The molecular formula is C13H8Cl2N2O. The molecule has 0 fully saturated rings. The number of rotatable bonds is 3. The first-order valence-corrected chi connectivity index (χ1v) is 5.87. The van der Waals surface area contributed by atoms with Gasteiger partial charge < -0.3 is 4.74 Å². The van der Waals surface area contributed by atoms with Crippen LogP contribution in [0.25, 0.3) is 0 Å². The third kappa shape index (κ3) is 3.13. The lowest BCUT2D eigenvalue weighted by Gasteiger charge is -2.07. The van der Waals surface area contributed by atoms with Crippen molar-refractivity contribution in [3.63, 3.8) is 0 Å². The molecule has 5 heteroatoms. The maximum Gasteiger partial charge on any atom is 0.130 e. The molecule has 0 aliphatic rings. The molecule has 0 atom stereocenters. The highest BCUT2D eigenvalue weighted by Crippen LogP contribution is 2.20. The Hall–Kier alpha value is -1.76. The molecule has 0 bridgehead atoms. The van der Waals surface area contributed by atoms with Crippen LogP contribution >= 0.6 is 23.2 Å². The molecule has 1 heterocycles. The van der Waals surface area contributed by atoms with Gasteiger partial charge in [0.15, 0.2) is 0 Å². The summed E-state index contributed by atoms with van der Waals surface area (Å²) in [5.41, 5.74) is 1.35. The van der Waals surface area contributed by atoms with E-state index in [4.69, 9.17) is 33.2 Å². The number of ether oxygens (including phenoxy) is 1. The van der Waals surface area contributed by atoms with Crippen LogP contribution in [-0.4, -0.2) is 4.98 Å². The van der Waals surface area contributed by atoms with Crippen molar-refractivity contribution < 1.29 is 4.74 Å². The molecule has 1 aromatic carbocycles. The number of aromatic nitrogens is 1. The molecular weight excluding hydrogens is 271 g/mol. The Morgan fingerprint density at radius 3 is 2.56 bits per heavy atom. The fourth-order valence-electron chi connectivity index (χ4n) is 1.33. The summed E-state index contributed by atoms with van der Waals surface area (Å²) < 4.78 is 5.54. The summed E-state index contributed by atoms with van der Waals surface area (Å²) in [5.74, 6) is 0.667. The third-order valence-electron chi connectivity index (χ3n) is 2.27. The van der Waals surface area contributed by atoms with Crippen LogP contribution in [-0.2, 0) is 6.61 Å². The van der Waals surface area contributed by atoms with Gasteiger partial charge in [0, 0.05) is 11.8 Å². The maximum absolute atomic E-state index is 8.67. The molecule has 0 saturated carbocycles. The number of pyridine rings is 1. The lowest BCUT2D eigenvalue weighted by atomic mass is 10.2. The smallest absolute Gasteiger partial charge is 0.130 e. The van der Waals surface area contributed by atoms with Crippen LogP contribution in [0.2, 0.25) is 10.2 Å². The van der Waals surface area contributed by atoms with Crippen molar-refractivity contribution in [2.45, 2.75) is 6.61 Å². The van der Waals surface area contributed by atoms with E-state index < -0.39 is 0 Å². The minimum Gasteiger partial charge on any atom is -0.489 e. The van der Waals surface area contributed by atoms with Crippen LogP contribution in [0.3, 0.4) is 0 Å². The Labute approximate surface area is 115 Å². The van der Waals surface area contributed by atoms with Gasteiger partial charge in [-0.15, -0.1) is 0 Å². The fourth-order valence-corrected chi connectivity index (χ4v) is 1.75. The van der Waals surface area contributed by atoms with Gasteiger partial charge >= 0.3 is 0 Å². The Morgan fingerprint density at radius 2 is 1.94 bits per heavy atom. The van der Waals surface area contributed by atoms with E-state index in [2.05, 4.69) is 4.98 Å². The molecule has 3 nitrogen and oxygen atoms in total. The van der Waals surface area contributed by atoms with Crippen LogP contribution in [0.1, 0.15) is 11.1 Å². The van der Waals surface area contributed by atoms with Crippen molar-refractivity contribution in [2.75, 3.05) is 0 Å². The zero-order valence-electron chi connectivity index (χ0n) is 9.23. The quantitative estimate of drug-likeness (QED) is 0.802. The zero-order valence-corrected chi connectivity index (χ0v) is 10.7. The van der Waals surface area contributed by atoms with Crippen molar-refractivity contribution in [1.82, 2.24) is 4.98 Å². The second-order valence-electron chi connectivity index (χ2n) is 3.52. The molecule has 0 N–H and O–H groups in total. The lowest BCUT2D eigenvalue weighted by molar-refractivity contribution is 0.306. The first kappa shape index (κ1) is 12.7. The maximum atomic E-state index is 8.67. The Morgan fingerprint density at radius 1 is 1.22 bits per heavy atom. The molecule has 0 amide bonds. The number of halogens is 2. The van der Waals surface area contributed by atoms with Crippen molar-refractivity contribution in [3.05, 3.63) is 57.8 Å². The van der Waals surface area contributed by atoms with E-state index in [0.717, 1.165) is 5.56 Å². The number of nitrogens with zero attached hydrogens (tertiary/aromatic N) is 2. The lowest BCUT2D eigenvalue weighted by Crippen LogP contribution is -1.97. The Kier molecular flexibility index (Phi) is 4.03. The molecule has 0 unspecified atom stereocenters. The molecule has 2 rings (SSSR count). The number of hydrogen-bond acceptors (Lipinski definition) is 3. The van der Waals surface area contributed by atoms with Crippen LogP contribution in [0.15, 0.2) is 36.5 Å². The largest absolute Gasteiger partial charge is 0.489 e. The second-order valence-corrected chi connectivity index (χ2v) is 4.32. The SMILES string of the molecule is N#Cc1ccc(OCc2cnc(Cl)cc2Cl)cc1. The zero-order chi connectivity index (χ0) is 13.0. The summed E-state index contributed by atoms with van der Waals surface area (Å²) >= 11 is 11.7. The molecule has 1 aromatic heterocycles. The van der Waals surface area contributed by atoms with Gasteiger partial charge in [-0.25, -0.2) is 4.98 Å². The van der Waals surface area contributed by atoms with E-state index in [9.17, 15) is 0 Å². The predicted molar refractivity (Wildman–Crippen MR) is 69.7 cm³/mol. The normalized spacial score (nSPS) is 9.83. The van der Waals surface area contributed by atoms with Gasteiger partial charge in [0.05, 0.1) is 16.7 Å². The van der Waals surface area contributed by atoms with E-state index in [1.165, 1.54) is 0 Å². The van der Waals surface area contributed by atoms with Crippen LogP contribution in [0.5, 0.6) is 5.75 Å². The molecule has 18 heavy (non-hydrogen) atoms. The molecule has 0 radical (unpaired) electrons. The van der Waals surface area contributed by atoms with E-state index >= 15 is 0 Å². The van der Waals surface area contributed by atoms with Gasteiger partial charge in [0.2, 0.25) is 0 Å². The number of nitriles is 1. The predicted octanol–water partition coefficient (Wildman–Crippen LogP) is 3.84. The summed E-state index contributed by atoms with van der Waals surface area (Å²) in [6.07, 6.45) is 1.58. The first-order valence-electron chi connectivity index (χ1n) is 5.12. The highest BCUT2D eigenvalue weighted by molar-refractivity contribution is 6.34. The van der Waals surface area contributed by atoms with Gasteiger partial charge in [-0.2, -0.15) is 5.26 Å². The fraction of sp³-hybridized carbons (Fsp3) is 0.0769. The Bertz CT molecular complexity index is 591. The van der Waals surface area contributed by atoms with Crippen molar-refractivity contribution in [2.24, 2.45) is 0 Å². The van der Waals surface area contributed by atoms with Gasteiger partial charge in [0.1, 0.15) is 17.5 Å². The first-order chi connectivity index (χ1) is 8.69. The number of hydrogen-bond donors (Lipinski definition) is 0. The third-order valence-corrected chi connectivity index (χ3v) is 2.83. The van der Waals surface area contributed by atoms with E-state index in [0.29, 0.717) is 28.1 Å². The summed E-state index contributed by atoms with van der Waals surface area (Å²) in [6, 6.07) is 10.5. The summed E-state index contributed by atoms with van der Waals surface area (Å²) in [4.78, 5) is 3.94. The minimum absolute atomic E-state index is 0.300. The van der Waals surface area contributed by atoms with E-state index in [-0.39, 0.29) is 0 Å². The Balaban J connectivity index is 2.04. The number of benzene rings is 1. The molecule has 0 aliphatic carbocycles.